The molecule has 3 heteroatoms. The summed E-state index contributed by atoms with van der Waals surface area (Å²) in [5.41, 5.74) is 1.32. The molecule has 0 aromatic carbocycles. The van der Waals surface area contributed by atoms with Gasteiger partial charge in [-0.1, -0.05) is 54.2 Å². The van der Waals surface area contributed by atoms with Crippen LogP contribution in [0.15, 0.2) is 24.7 Å². The van der Waals surface area contributed by atoms with Gasteiger partial charge in [-0.3, -0.25) is 0 Å². The van der Waals surface area contributed by atoms with E-state index in [-0.39, 0.29) is 5.60 Å². The van der Waals surface area contributed by atoms with Crippen molar-refractivity contribution >= 4 is 8.32 Å². The zero-order valence-corrected chi connectivity index (χ0v) is 15.9. The molecule has 0 N–H and O–H groups in total. The van der Waals surface area contributed by atoms with Crippen LogP contribution in [0.4, 0.5) is 0 Å². The molecule has 0 rings (SSSR count). The Labute approximate surface area is 127 Å². The fourth-order valence-electron chi connectivity index (χ4n) is 3.01. The topological polar surface area (TPSA) is 18.5 Å². The maximum atomic E-state index is 6.55. The summed E-state index contributed by atoms with van der Waals surface area (Å²) in [4.78, 5) is 0. The van der Waals surface area contributed by atoms with Crippen molar-refractivity contribution in [2.45, 2.75) is 84.5 Å². The third-order valence-corrected chi connectivity index (χ3v) is 9.61. The average Bonchev–Trinajstić information content (AvgIpc) is 2.21. The molecule has 0 aromatic heterocycles. The Morgan fingerprint density at radius 2 is 1.35 bits per heavy atom. The maximum absolute atomic E-state index is 6.55. The molecule has 0 unspecified atom stereocenters. The number of ether oxygens (including phenoxy) is 1. The summed E-state index contributed by atoms with van der Waals surface area (Å²) < 4.78 is 12.5. The van der Waals surface area contributed by atoms with Crippen molar-refractivity contribution in [3.05, 3.63) is 24.7 Å². The van der Waals surface area contributed by atoms with E-state index in [1.54, 1.807) is 6.08 Å². The Morgan fingerprint density at radius 3 is 1.60 bits per heavy atom. The summed E-state index contributed by atoms with van der Waals surface area (Å²) >= 11 is 0. The fourth-order valence-corrected chi connectivity index (χ4v) is 8.18. The summed E-state index contributed by atoms with van der Waals surface area (Å²) in [6, 6.07) is 0. The first kappa shape index (κ1) is 19.3. The quantitative estimate of drug-likeness (QED) is 0.325. The van der Waals surface area contributed by atoms with Crippen LogP contribution >= 0.6 is 0 Å². The Morgan fingerprint density at radius 1 is 0.950 bits per heavy atom. The van der Waals surface area contributed by atoms with Crippen molar-refractivity contribution in [2.24, 2.45) is 0 Å². The molecule has 0 bridgehead atoms. The maximum Gasteiger partial charge on any atom is 0.265 e. The van der Waals surface area contributed by atoms with Crippen LogP contribution in [-0.4, -0.2) is 13.9 Å². The van der Waals surface area contributed by atoms with Gasteiger partial charge < -0.3 is 9.16 Å². The highest BCUT2D eigenvalue weighted by Crippen LogP contribution is 2.44. The normalized spacial score (nSPS) is 14.1. The van der Waals surface area contributed by atoms with Gasteiger partial charge in [0.1, 0.15) is 5.60 Å². The minimum Gasteiger partial charge on any atom is -0.518 e. The predicted octanol–water partition coefficient (Wildman–Crippen LogP) is 6.02. The minimum atomic E-state index is -1.97. The van der Waals surface area contributed by atoms with Gasteiger partial charge in [0.15, 0.2) is 0 Å². The lowest BCUT2D eigenvalue weighted by atomic mass is 10.2. The van der Waals surface area contributed by atoms with Crippen molar-refractivity contribution in [3.8, 4) is 0 Å². The summed E-state index contributed by atoms with van der Waals surface area (Å²) in [6.45, 7) is 23.5. The first-order chi connectivity index (χ1) is 8.97. The molecule has 0 saturated heterocycles. The highest BCUT2D eigenvalue weighted by atomic mass is 28.4. The molecule has 118 valence electrons. The number of rotatable bonds is 7. The lowest BCUT2D eigenvalue weighted by Gasteiger charge is -2.43. The SMILES string of the molecule is C=C/C=C(/OC(C)(C)C)O[Si](C(C)C)(C(C)C)C(C)C. The number of allylic oxidation sites excluding steroid dienone is 2. The van der Waals surface area contributed by atoms with Gasteiger partial charge in [-0.25, -0.2) is 0 Å². The number of hydrogen-bond acceptors (Lipinski definition) is 2. The second-order valence-corrected chi connectivity index (χ2v) is 12.7. The smallest absolute Gasteiger partial charge is 0.265 e. The second-order valence-electron chi connectivity index (χ2n) is 7.36. The van der Waals surface area contributed by atoms with E-state index in [0.29, 0.717) is 22.6 Å². The molecule has 0 aliphatic heterocycles. The van der Waals surface area contributed by atoms with Crippen LogP contribution in [0.5, 0.6) is 0 Å². The zero-order chi connectivity index (χ0) is 16.1. The second kappa shape index (κ2) is 7.35. The van der Waals surface area contributed by atoms with Crippen LogP contribution in [0.25, 0.3) is 0 Å². The molecule has 0 heterocycles. The van der Waals surface area contributed by atoms with Crippen LogP contribution in [0.2, 0.25) is 16.6 Å². The van der Waals surface area contributed by atoms with Crippen molar-refractivity contribution in [1.29, 1.82) is 0 Å². The lowest BCUT2D eigenvalue weighted by Crippen LogP contribution is -2.48. The van der Waals surface area contributed by atoms with E-state index in [1.165, 1.54) is 0 Å². The Bertz CT molecular complexity index is 314. The molecule has 0 radical (unpaired) electrons. The minimum absolute atomic E-state index is 0.264. The molecule has 0 aliphatic carbocycles. The van der Waals surface area contributed by atoms with Crippen LogP contribution in [0.3, 0.4) is 0 Å². The van der Waals surface area contributed by atoms with E-state index in [2.05, 4.69) is 48.1 Å². The molecule has 0 fully saturated rings. The summed E-state index contributed by atoms with van der Waals surface area (Å²) in [5.74, 6) is 0.621. The molecule has 0 atom stereocenters. The van der Waals surface area contributed by atoms with Crippen molar-refractivity contribution in [1.82, 2.24) is 0 Å². The van der Waals surface area contributed by atoms with E-state index in [4.69, 9.17) is 9.16 Å². The summed E-state index contributed by atoms with van der Waals surface area (Å²) in [5, 5.41) is 0. The molecule has 0 spiro atoms. The van der Waals surface area contributed by atoms with Crippen LogP contribution in [0.1, 0.15) is 62.3 Å². The van der Waals surface area contributed by atoms with Gasteiger partial charge in [0.25, 0.3) is 14.3 Å². The molecule has 2 nitrogen and oxygen atoms in total. The number of hydrogen-bond donors (Lipinski definition) is 0. The highest BCUT2D eigenvalue weighted by molar-refractivity contribution is 6.77. The van der Waals surface area contributed by atoms with E-state index in [0.717, 1.165) is 0 Å². The monoisotopic (exact) mass is 298 g/mol. The van der Waals surface area contributed by atoms with Gasteiger partial charge in [0, 0.05) is 6.08 Å². The lowest BCUT2D eigenvalue weighted by molar-refractivity contribution is -0.0112. The average molecular weight is 299 g/mol. The zero-order valence-electron chi connectivity index (χ0n) is 14.9. The van der Waals surface area contributed by atoms with Gasteiger partial charge in [0.05, 0.1) is 0 Å². The molecule has 0 aliphatic rings. The molecule has 0 saturated carbocycles. The van der Waals surface area contributed by atoms with E-state index in [9.17, 15) is 0 Å². The van der Waals surface area contributed by atoms with Crippen LogP contribution in [-0.2, 0) is 9.16 Å². The molecular weight excluding hydrogens is 264 g/mol. The largest absolute Gasteiger partial charge is 0.518 e. The summed E-state index contributed by atoms with van der Waals surface area (Å²) in [6.07, 6.45) is 3.58. The van der Waals surface area contributed by atoms with Crippen LogP contribution in [0, 0.1) is 0 Å². The van der Waals surface area contributed by atoms with Gasteiger partial charge in [-0.2, -0.15) is 0 Å². The molecule has 0 amide bonds. The van der Waals surface area contributed by atoms with Gasteiger partial charge in [-0.15, -0.1) is 0 Å². The standard InChI is InChI=1S/C17H34O2Si/c1-11-12-16(18-17(8,9)10)19-20(13(2)3,14(4)5)15(6)7/h11-15H,1H2,2-10H3/b16-12-. The summed E-state index contributed by atoms with van der Waals surface area (Å²) in [7, 11) is -1.97. The fraction of sp³-hybridized carbons (Fsp3) is 0.765. The Balaban J connectivity index is 5.51. The molecule has 20 heavy (non-hydrogen) atoms. The first-order valence-corrected chi connectivity index (χ1v) is 9.82. The Hall–Kier alpha value is -0.703. The molecule has 0 aromatic rings. The van der Waals surface area contributed by atoms with E-state index in [1.807, 2.05) is 26.8 Å². The highest BCUT2D eigenvalue weighted by Gasteiger charge is 2.48. The van der Waals surface area contributed by atoms with E-state index < -0.39 is 8.32 Å². The van der Waals surface area contributed by atoms with Gasteiger partial charge in [0.2, 0.25) is 0 Å². The van der Waals surface area contributed by atoms with Gasteiger partial charge >= 0.3 is 0 Å². The van der Waals surface area contributed by atoms with Crippen molar-refractivity contribution < 1.29 is 9.16 Å². The molecular formula is C17H34O2Si. The third kappa shape index (κ3) is 5.00. The third-order valence-electron chi connectivity index (χ3n) is 3.65. The van der Waals surface area contributed by atoms with Crippen molar-refractivity contribution in [3.63, 3.8) is 0 Å². The van der Waals surface area contributed by atoms with E-state index >= 15 is 0 Å². The predicted molar refractivity (Wildman–Crippen MR) is 91.3 cm³/mol. The first-order valence-electron chi connectivity index (χ1n) is 7.68. The van der Waals surface area contributed by atoms with Crippen molar-refractivity contribution in [2.75, 3.05) is 0 Å². The van der Waals surface area contributed by atoms with Crippen LogP contribution < -0.4 is 0 Å². The van der Waals surface area contributed by atoms with Gasteiger partial charge in [-0.05, 0) is 37.4 Å². The Kier molecular flexibility index (Phi) is 7.09.